The molecule has 0 amide bonds. The predicted octanol–water partition coefficient (Wildman–Crippen LogP) is 1.99. The molecule has 3 unspecified atom stereocenters. The topological polar surface area (TPSA) is 50.5 Å². The quantitative estimate of drug-likeness (QED) is 0.614. The minimum Gasteiger partial charge on any atom is -0.374 e. The van der Waals surface area contributed by atoms with Gasteiger partial charge in [-0.3, -0.25) is 16.2 Å². The Balaban J connectivity index is 1.72. The summed E-state index contributed by atoms with van der Waals surface area (Å²) in [6.07, 6.45) is 6.18. The van der Waals surface area contributed by atoms with Crippen LogP contribution in [0.3, 0.4) is 0 Å². The van der Waals surface area contributed by atoms with Crippen LogP contribution in [-0.4, -0.2) is 53.3 Å². The normalized spacial score (nSPS) is 36.4. The van der Waals surface area contributed by atoms with Gasteiger partial charge in [-0.05, 0) is 70.7 Å². The lowest BCUT2D eigenvalue weighted by molar-refractivity contribution is -0.0948. The number of hydrogen-bond donors (Lipinski definition) is 2. The second-order valence-electron chi connectivity index (χ2n) is 7.58. The number of nitrogens with zero attached hydrogens (tertiary/aromatic N) is 1. The van der Waals surface area contributed by atoms with Crippen LogP contribution >= 0.6 is 11.8 Å². The first-order valence-corrected chi connectivity index (χ1v) is 9.66. The third-order valence-corrected chi connectivity index (χ3v) is 7.15. The zero-order valence-electron chi connectivity index (χ0n) is 13.6. The van der Waals surface area contributed by atoms with Crippen LogP contribution in [0.15, 0.2) is 0 Å². The highest BCUT2D eigenvalue weighted by molar-refractivity contribution is 7.99. The molecule has 3 rings (SSSR count). The molecule has 3 saturated heterocycles. The monoisotopic (exact) mass is 313 g/mol. The summed E-state index contributed by atoms with van der Waals surface area (Å²) in [5, 5.41) is 0. The van der Waals surface area contributed by atoms with E-state index in [9.17, 15) is 0 Å². The Hall–Kier alpha value is 0.190. The molecule has 0 aromatic heterocycles. The van der Waals surface area contributed by atoms with E-state index in [-0.39, 0.29) is 11.1 Å². The minimum atomic E-state index is 0.125. The van der Waals surface area contributed by atoms with Crippen molar-refractivity contribution in [2.45, 2.75) is 63.1 Å². The van der Waals surface area contributed by atoms with Gasteiger partial charge in [0.2, 0.25) is 0 Å². The van der Waals surface area contributed by atoms with E-state index < -0.39 is 0 Å². The first-order valence-electron chi connectivity index (χ1n) is 8.50. The number of rotatable bonds is 4. The van der Waals surface area contributed by atoms with E-state index in [1.165, 1.54) is 50.3 Å². The molecule has 0 radical (unpaired) electrons. The van der Waals surface area contributed by atoms with Gasteiger partial charge in [-0.1, -0.05) is 0 Å². The van der Waals surface area contributed by atoms with Crippen molar-refractivity contribution in [2.75, 3.05) is 31.2 Å². The molecule has 3 atom stereocenters. The number of nitrogens with one attached hydrogen (secondary N) is 1. The molecule has 3 heterocycles. The van der Waals surface area contributed by atoms with Gasteiger partial charge < -0.3 is 4.74 Å². The molecule has 0 saturated carbocycles. The summed E-state index contributed by atoms with van der Waals surface area (Å²) >= 11 is 2.05. The highest BCUT2D eigenvalue weighted by atomic mass is 32.2. The molecule has 21 heavy (non-hydrogen) atoms. The van der Waals surface area contributed by atoms with Crippen LogP contribution in [0.4, 0.5) is 0 Å². The van der Waals surface area contributed by atoms with E-state index in [1.807, 2.05) is 11.8 Å². The van der Waals surface area contributed by atoms with Gasteiger partial charge in [0.25, 0.3) is 0 Å². The lowest BCUT2D eigenvalue weighted by Crippen LogP contribution is -2.63. The Morgan fingerprint density at radius 3 is 2.76 bits per heavy atom. The predicted molar refractivity (Wildman–Crippen MR) is 89.3 cm³/mol. The third kappa shape index (κ3) is 3.13. The fraction of sp³-hybridized carbons (Fsp3) is 1.00. The lowest BCUT2D eigenvalue weighted by Gasteiger charge is -2.49. The van der Waals surface area contributed by atoms with Crippen molar-refractivity contribution < 1.29 is 4.74 Å². The number of nitrogens with two attached hydrogens (primary N) is 1. The maximum Gasteiger partial charge on any atom is 0.0783 e. The number of hydrogen-bond acceptors (Lipinski definition) is 5. The molecular formula is C16H31N3OS. The largest absolute Gasteiger partial charge is 0.374 e. The van der Waals surface area contributed by atoms with E-state index in [2.05, 4.69) is 24.2 Å². The maximum absolute atomic E-state index is 6.19. The zero-order chi connectivity index (χ0) is 14.9. The van der Waals surface area contributed by atoms with Crippen molar-refractivity contribution in [1.82, 2.24) is 10.3 Å². The average Bonchev–Trinajstić information content (AvgIpc) is 3.11. The van der Waals surface area contributed by atoms with Crippen molar-refractivity contribution in [3.8, 4) is 0 Å². The Bertz CT molecular complexity index is 351. The standard InChI is InChI=1S/C16H31N3OS/c1-15(2,19-7-3-4-8-19)14(18-17)13-5-9-20-16(11-13)6-10-21-12-16/h13-14,18H,3-12,17H2,1-2H3. The van der Waals surface area contributed by atoms with Crippen LogP contribution in [0.5, 0.6) is 0 Å². The molecular weight excluding hydrogens is 282 g/mol. The highest BCUT2D eigenvalue weighted by Gasteiger charge is 2.47. The summed E-state index contributed by atoms with van der Waals surface area (Å²) in [5.41, 5.74) is 3.46. The summed E-state index contributed by atoms with van der Waals surface area (Å²) in [6, 6.07) is 0.349. The fourth-order valence-corrected chi connectivity index (χ4v) is 6.00. The Labute approximate surface area is 133 Å². The van der Waals surface area contributed by atoms with Gasteiger partial charge in [0, 0.05) is 23.9 Å². The van der Waals surface area contributed by atoms with Gasteiger partial charge in [-0.2, -0.15) is 11.8 Å². The van der Waals surface area contributed by atoms with Crippen molar-refractivity contribution in [3.63, 3.8) is 0 Å². The van der Waals surface area contributed by atoms with Crippen LogP contribution in [0.1, 0.15) is 46.0 Å². The van der Waals surface area contributed by atoms with Crippen LogP contribution in [-0.2, 0) is 4.74 Å². The molecule has 0 aromatic rings. The molecule has 3 aliphatic heterocycles. The molecule has 1 spiro atoms. The highest BCUT2D eigenvalue weighted by Crippen LogP contribution is 2.43. The molecule has 0 bridgehead atoms. The molecule has 3 N–H and O–H groups in total. The average molecular weight is 314 g/mol. The summed E-state index contributed by atoms with van der Waals surface area (Å²) < 4.78 is 6.19. The molecule has 5 heteroatoms. The number of likely N-dealkylation sites (tertiary alicyclic amines) is 1. The zero-order valence-corrected chi connectivity index (χ0v) is 14.4. The molecule has 0 aliphatic carbocycles. The lowest BCUT2D eigenvalue weighted by atomic mass is 9.74. The first kappa shape index (κ1) is 16.1. The maximum atomic E-state index is 6.19. The Morgan fingerprint density at radius 1 is 1.38 bits per heavy atom. The van der Waals surface area contributed by atoms with Crippen molar-refractivity contribution >= 4 is 11.8 Å². The van der Waals surface area contributed by atoms with Crippen LogP contribution in [0, 0.1) is 5.92 Å². The molecule has 0 aromatic carbocycles. The first-order chi connectivity index (χ1) is 10.1. The summed E-state index contributed by atoms with van der Waals surface area (Å²) in [4.78, 5) is 2.63. The smallest absolute Gasteiger partial charge is 0.0783 e. The van der Waals surface area contributed by atoms with Gasteiger partial charge >= 0.3 is 0 Å². The van der Waals surface area contributed by atoms with Gasteiger partial charge in [0.05, 0.1) is 5.60 Å². The van der Waals surface area contributed by atoms with Gasteiger partial charge in [-0.25, -0.2) is 0 Å². The van der Waals surface area contributed by atoms with Crippen molar-refractivity contribution in [1.29, 1.82) is 0 Å². The summed E-state index contributed by atoms with van der Waals surface area (Å²) in [6.45, 7) is 8.08. The number of thioether (sulfide) groups is 1. The molecule has 3 aliphatic rings. The van der Waals surface area contributed by atoms with Gasteiger partial charge in [-0.15, -0.1) is 0 Å². The third-order valence-electron chi connectivity index (χ3n) is 5.93. The molecule has 122 valence electrons. The Morgan fingerprint density at radius 2 is 2.14 bits per heavy atom. The van der Waals surface area contributed by atoms with Crippen LogP contribution in [0.2, 0.25) is 0 Å². The van der Waals surface area contributed by atoms with E-state index >= 15 is 0 Å². The fourth-order valence-electron chi connectivity index (χ4n) is 4.62. The Kier molecular flexibility index (Phi) is 4.86. The number of hydrazine groups is 1. The number of ether oxygens (including phenoxy) is 1. The minimum absolute atomic E-state index is 0.125. The second-order valence-corrected chi connectivity index (χ2v) is 8.68. The second kappa shape index (κ2) is 6.36. The summed E-state index contributed by atoms with van der Waals surface area (Å²) in [5.74, 6) is 9.07. The van der Waals surface area contributed by atoms with Crippen molar-refractivity contribution in [3.05, 3.63) is 0 Å². The molecule has 3 fully saturated rings. The van der Waals surface area contributed by atoms with Crippen LogP contribution < -0.4 is 11.3 Å². The van der Waals surface area contributed by atoms with E-state index in [4.69, 9.17) is 10.6 Å². The van der Waals surface area contributed by atoms with Gasteiger partial charge in [0.1, 0.15) is 0 Å². The SMILES string of the molecule is CC(C)(C(NN)C1CCOC2(CCSC2)C1)N1CCCC1. The van der Waals surface area contributed by atoms with Gasteiger partial charge in [0.15, 0.2) is 0 Å². The van der Waals surface area contributed by atoms with E-state index in [1.54, 1.807) is 0 Å². The van der Waals surface area contributed by atoms with E-state index in [0.717, 1.165) is 13.0 Å². The molecule has 4 nitrogen and oxygen atoms in total. The van der Waals surface area contributed by atoms with Crippen molar-refractivity contribution in [2.24, 2.45) is 11.8 Å². The van der Waals surface area contributed by atoms with Crippen LogP contribution in [0.25, 0.3) is 0 Å². The summed E-state index contributed by atoms with van der Waals surface area (Å²) in [7, 11) is 0. The van der Waals surface area contributed by atoms with E-state index in [0.29, 0.717) is 12.0 Å².